The van der Waals surface area contributed by atoms with Crippen LogP contribution in [0.5, 0.6) is 5.75 Å². The average molecular weight is 263 g/mol. The predicted octanol–water partition coefficient (Wildman–Crippen LogP) is 3.89. The van der Waals surface area contributed by atoms with Crippen molar-refractivity contribution in [2.24, 2.45) is 0 Å². The van der Waals surface area contributed by atoms with Crippen LogP contribution >= 0.6 is 0 Å². The Hall–Kier alpha value is -2.10. The number of anilines is 1. The molecule has 4 heteroatoms. The molecule has 2 aromatic carbocycles. The molecule has 0 unspecified atom stereocenters. The fourth-order valence-corrected chi connectivity index (χ4v) is 1.89. The summed E-state index contributed by atoms with van der Waals surface area (Å²) in [5.74, 6) is -0.506. The molecular formula is C15H15F2NO. The van der Waals surface area contributed by atoms with Crippen molar-refractivity contribution in [2.45, 2.75) is 13.5 Å². The van der Waals surface area contributed by atoms with Crippen LogP contribution in [0.2, 0.25) is 0 Å². The quantitative estimate of drug-likeness (QED) is 0.903. The Bertz CT molecular complexity index is 564. The average Bonchev–Trinajstić information content (AvgIpc) is 2.36. The van der Waals surface area contributed by atoms with Gasteiger partial charge in [0.2, 0.25) is 0 Å². The standard InChI is InChI=1S/C15H15F2NO/c1-10-6-12(16)8-13(7-10)18-9-11-4-3-5-14(19-2)15(11)17/h3-8,18H,9H2,1-2H3. The van der Waals surface area contributed by atoms with Crippen molar-refractivity contribution in [3.63, 3.8) is 0 Å². The van der Waals surface area contributed by atoms with Crippen molar-refractivity contribution in [3.05, 3.63) is 59.2 Å². The van der Waals surface area contributed by atoms with Crippen LogP contribution in [0.4, 0.5) is 14.5 Å². The lowest BCUT2D eigenvalue weighted by Gasteiger charge is -2.10. The summed E-state index contributed by atoms with van der Waals surface area (Å²) in [4.78, 5) is 0. The number of hydrogen-bond donors (Lipinski definition) is 1. The number of benzene rings is 2. The Morgan fingerprint density at radius 1 is 1.16 bits per heavy atom. The summed E-state index contributed by atoms with van der Waals surface area (Å²) in [5, 5.41) is 3.00. The number of nitrogens with one attached hydrogen (secondary N) is 1. The van der Waals surface area contributed by atoms with Gasteiger partial charge in [-0.2, -0.15) is 0 Å². The summed E-state index contributed by atoms with van der Waals surface area (Å²) in [6, 6.07) is 9.57. The number of halogens is 2. The maximum Gasteiger partial charge on any atom is 0.170 e. The van der Waals surface area contributed by atoms with Crippen LogP contribution in [0.15, 0.2) is 36.4 Å². The van der Waals surface area contributed by atoms with Gasteiger partial charge in [-0.3, -0.25) is 0 Å². The van der Waals surface area contributed by atoms with E-state index in [-0.39, 0.29) is 18.1 Å². The molecule has 0 saturated heterocycles. The highest BCUT2D eigenvalue weighted by Gasteiger charge is 2.08. The lowest BCUT2D eigenvalue weighted by molar-refractivity contribution is 0.384. The van der Waals surface area contributed by atoms with Crippen LogP contribution in [0.1, 0.15) is 11.1 Å². The van der Waals surface area contributed by atoms with Crippen molar-refractivity contribution in [3.8, 4) is 5.75 Å². The number of methoxy groups -OCH3 is 1. The van der Waals surface area contributed by atoms with E-state index in [4.69, 9.17) is 4.74 Å². The molecule has 1 N–H and O–H groups in total. The Kier molecular flexibility index (Phi) is 4.00. The smallest absolute Gasteiger partial charge is 0.170 e. The van der Waals surface area contributed by atoms with Crippen molar-refractivity contribution < 1.29 is 13.5 Å². The lowest BCUT2D eigenvalue weighted by atomic mass is 10.1. The summed E-state index contributed by atoms with van der Waals surface area (Å²) in [6.45, 7) is 2.08. The van der Waals surface area contributed by atoms with Gasteiger partial charge < -0.3 is 10.1 Å². The lowest BCUT2D eigenvalue weighted by Crippen LogP contribution is -2.03. The molecule has 2 rings (SSSR count). The van der Waals surface area contributed by atoms with E-state index in [0.717, 1.165) is 5.56 Å². The molecule has 0 fully saturated rings. The summed E-state index contributed by atoms with van der Waals surface area (Å²) < 4.78 is 32.0. The first-order valence-electron chi connectivity index (χ1n) is 5.92. The monoisotopic (exact) mass is 263 g/mol. The van der Waals surface area contributed by atoms with Gasteiger partial charge in [0.05, 0.1) is 7.11 Å². The molecular weight excluding hydrogens is 248 g/mol. The molecule has 2 aromatic rings. The molecule has 0 bridgehead atoms. The van der Waals surface area contributed by atoms with Gasteiger partial charge in [0.25, 0.3) is 0 Å². The SMILES string of the molecule is COc1cccc(CNc2cc(C)cc(F)c2)c1F. The van der Waals surface area contributed by atoms with Crippen molar-refractivity contribution in [1.82, 2.24) is 0 Å². The molecule has 0 heterocycles. The van der Waals surface area contributed by atoms with Gasteiger partial charge in [-0.25, -0.2) is 8.78 Å². The molecule has 0 amide bonds. The van der Waals surface area contributed by atoms with E-state index in [0.29, 0.717) is 11.3 Å². The van der Waals surface area contributed by atoms with Crippen molar-refractivity contribution in [2.75, 3.05) is 12.4 Å². The number of rotatable bonds is 4. The fraction of sp³-hybridized carbons (Fsp3) is 0.200. The van der Waals surface area contributed by atoms with Crippen LogP contribution in [-0.2, 0) is 6.54 Å². The minimum Gasteiger partial charge on any atom is -0.494 e. The maximum absolute atomic E-state index is 13.9. The second kappa shape index (κ2) is 5.69. The van der Waals surface area contributed by atoms with Crippen LogP contribution in [-0.4, -0.2) is 7.11 Å². The highest BCUT2D eigenvalue weighted by atomic mass is 19.1. The molecule has 19 heavy (non-hydrogen) atoms. The van der Waals surface area contributed by atoms with Gasteiger partial charge in [-0.1, -0.05) is 12.1 Å². The minimum atomic E-state index is -0.398. The summed E-state index contributed by atoms with van der Waals surface area (Å²) in [5.41, 5.74) is 1.91. The topological polar surface area (TPSA) is 21.3 Å². The maximum atomic E-state index is 13.9. The van der Waals surface area contributed by atoms with E-state index in [2.05, 4.69) is 5.32 Å². The molecule has 0 atom stereocenters. The van der Waals surface area contributed by atoms with Crippen molar-refractivity contribution in [1.29, 1.82) is 0 Å². The molecule has 0 aromatic heterocycles. The van der Waals surface area contributed by atoms with E-state index >= 15 is 0 Å². The van der Waals surface area contributed by atoms with Gasteiger partial charge >= 0.3 is 0 Å². The Morgan fingerprint density at radius 2 is 1.95 bits per heavy atom. The fourth-order valence-electron chi connectivity index (χ4n) is 1.89. The van der Waals surface area contributed by atoms with E-state index in [1.54, 1.807) is 31.2 Å². The van der Waals surface area contributed by atoms with Crippen LogP contribution < -0.4 is 10.1 Å². The molecule has 0 aliphatic carbocycles. The van der Waals surface area contributed by atoms with Gasteiger partial charge in [0, 0.05) is 17.8 Å². The summed E-state index contributed by atoms with van der Waals surface area (Å²) in [6.07, 6.45) is 0. The van der Waals surface area contributed by atoms with Crippen LogP contribution in [0, 0.1) is 18.6 Å². The second-order valence-corrected chi connectivity index (χ2v) is 4.30. The molecule has 0 aliphatic heterocycles. The number of hydrogen-bond acceptors (Lipinski definition) is 2. The second-order valence-electron chi connectivity index (χ2n) is 4.30. The molecule has 0 spiro atoms. The first-order chi connectivity index (χ1) is 9.10. The first-order valence-corrected chi connectivity index (χ1v) is 5.92. The van der Waals surface area contributed by atoms with Gasteiger partial charge in [0.15, 0.2) is 11.6 Å². The minimum absolute atomic E-state index is 0.203. The molecule has 0 aliphatic rings. The third-order valence-corrected chi connectivity index (χ3v) is 2.79. The van der Waals surface area contributed by atoms with Gasteiger partial charge in [-0.05, 0) is 36.8 Å². The third kappa shape index (κ3) is 3.22. The van der Waals surface area contributed by atoms with Gasteiger partial charge in [-0.15, -0.1) is 0 Å². The normalized spacial score (nSPS) is 10.3. The molecule has 0 radical (unpaired) electrons. The molecule has 2 nitrogen and oxygen atoms in total. The summed E-state index contributed by atoms with van der Waals surface area (Å²) >= 11 is 0. The van der Waals surface area contributed by atoms with Gasteiger partial charge in [0.1, 0.15) is 5.82 Å². The van der Waals surface area contributed by atoms with Crippen LogP contribution in [0.3, 0.4) is 0 Å². The first kappa shape index (κ1) is 13.3. The summed E-state index contributed by atoms with van der Waals surface area (Å²) in [7, 11) is 1.42. The highest BCUT2D eigenvalue weighted by Crippen LogP contribution is 2.21. The largest absolute Gasteiger partial charge is 0.494 e. The van der Waals surface area contributed by atoms with E-state index < -0.39 is 5.82 Å². The zero-order valence-corrected chi connectivity index (χ0v) is 10.8. The number of ether oxygens (including phenoxy) is 1. The van der Waals surface area contributed by atoms with E-state index in [1.165, 1.54) is 19.2 Å². The van der Waals surface area contributed by atoms with Crippen LogP contribution in [0.25, 0.3) is 0 Å². The zero-order valence-electron chi connectivity index (χ0n) is 10.8. The zero-order chi connectivity index (χ0) is 13.8. The highest BCUT2D eigenvalue weighted by molar-refractivity contribution is 5.47. The Morgan fingerprint density at radius 3 is 2.63 bits per heavy atom. The number of aryl methyl sites for hydroxylation is 1. The van der Waals surface area contributed by atoms with E-state index in [1.807, 2.05) is 0 Å². The predicted molar refractivity (Wildman–Crippen MR) is 71.4 cm³/mol. The Labute approximate surface area is 111 Å². The third-order valence-electron chi connectivity index (χ3n) is 2.79. The van der Waals surface area contributed by atoms with E-state index in [9.17, 15) is 8.78 Å². The molecule has 0 saturated carbocycles. The molecule has 100 valence electrons. The Balaban J connectivity index is 2.14. The van der Waals surface area contributed by atoms with Crippen molar-refractivity contribution >= 4 is 5.69 Å².